The van der Waals surface area contributed by atoms with Crippen LogP contribution in [-0.2, 0) is 32.1 Å². The monoisotopic (exact) mass is 696 g/mol. The minimum absolute atomic E-state index is 0. The summed E-state index contributed by atoms with van der Waals surface area (Å²) >= 11 is -2.37. The Balaban J connectivity index is 0.00000253. The molecule has 0 spiro atoms. The maximum absolute atomic E-state index is 2.74. The van der Waals surface area contributed by atoms with Gasteiger partial charge in [0.05, 0.1) is 0 Å². The van der Waals surface area contributed by atoms with Crippen LogP contribution in [0.25, 0.3) is 11.1 Å². The van der Waals surface area contributed by atoms with Gasteiger partial charge in [-0.25, -0.2) is 0 Å². The Morgan fingerprint density at radius 3 is 1.56 bits per heavy atom. The average molecular weight is 699 g/mol. The van der Waals surface area contributed by atoms with E-state index in [0.29, 0.717) is 9.54 Å². The van der Waals surface area contributed by atoms with Gasteiger partial charge in [0.15, 0.2) is 0 Å². The molecule has 1 unspecified atom stereocenters. The molecule has 3 heteroatoms. The Labute approximate surface area is 284 Å². The largest absolute Gasteiger partial charge is 1.00 e. The third-order valence-corrected chi connectivity index (χ3v) is 19.3. The standard InChI is InChI=1S/C21H25.C13H21.C6H10.2ClH.Zr/c1-20(2,3)16-9-7-14-11-15-8-10-17(21(4,5)6)13-19(15)18(14)12-16;1-6-10-8-11(7-2)12(9-10)13(3,4)5;1-2-4-6-5-3-1;;;/h7-13H,1-6H3;9-10H,6-7H2,1-5H3;1-5H2;2*1H;/q;;;;;+2/p-2. The van der Waals surface area contributed by atoms with Gasteiger partial charge in [0.2, 0.25) is 0 Å². The Morgan fingerprint density at radius 2 is 1.16 bits per heavy atom. The van der Waals surface area contributed by atoms with Gasteiger partial charge in [-0.1, -0.05) is 0 Å². The molecule has 1 atom stereocenters. The van der Waals surface area contributed by atoms with Crippen LogP contribution in [0.5, 0.6) is 0 Å². The zero-order valence-electron chi connectivity index (χ0n) is 28.9. The van der Waals surface area contributed by atoms with E-state index in [1.807, 2.05) is 6.49 Å². The molecule has 0 saturated heterocycles. The van der Waals surface area contributed by atoms with E-state index >= 15 is 0 Å². The molecule has 0 amide bonds. The molecule has 3 aliphatic carbocycles. The fourth-order valence-electron chi connectivity index (χ4n) is 7.81. The summed E-state index contributed by atoms with van der Waals surface area (Å²) in [6.07, 6.45) is 12.2. The number of fused-ring (bicyclic) bond motifs is 3. The number of hydrogen-bond acceptors (Lipinski definition) is 0. The molecule has 0 radical (unpaired) electrons. The minimum atomic E-state index is -2.37. The van der Waals surface area contributed by atoms with Crippen LogP contribution in [0.15, 0.2) is 56.9 Å². The van der Waals surface area contributed by atoms with E-state index in [0.717, 1.165) is 0 Å². The van der Waals surface area contributed by atoms with Crippen molar-refractivity contribution in [1.29, 1.82) is 0 Å². The van der Waals surface area contributed by atoms with Gasteiger partial charge in [-0.3, -0.25) is 0 Å². The topological polar surface area (TPSA) is 0 Å². The zero-order valence-corrected chi connectivity index (χ0v) is 32.9. The summed E-state index contributed by atoms with van der Waals surface area (Å²) in [5, 5.41) is 0. The van der Waals surface area contributed by atoms with Gasteiger partial charge in [-0.15, -0.1) is 0 Å². The molecule has 2 aromatic carbocycles. The van der Waals surface area contributed by atoms with E-state index in [1.54, 1.807) is 33.4 Å². The molecule has 0 nitrogen and oxygen atoms in total. The van der Waals surface area contributed by atoms with E-state index in [-0.39, 0.29) is 41.1 Å². The van der Waals surface area contributed by atoms with Crippen LogP contribution in [0.2, 0.25) is 0 Å². The fraction of sp³-hybridized carbons (Fsp3) is 0.575. The molecule has 5 rings (SSSR count). The summed E-state index contributed by atoms with van der Waals surface area (Å²) in [4.78, 5) is 0. The van der Waals surface area contributed by atoms with Crippen LogP contribution in [0.4, 0.5) is 0 Å². The predicted octanol–water partition coefficient (Wildman–Crippen LogP) is 5.79. The van der Waals surface area contributed by atoms with Crippen molar-refractivity contribution in [2.45, 2.75) is 136 Å². The van der Waals surface area contributed by atoms with Crippen LogP contribution in [0.3, 0.4) is 0 Å². The van der Waals surface area contributed by atoms with Gasteiger partial charge in [-0.2, -0.15) is 0 Å². The van der Waals surface area contributed by atoms with Gasteiger partial charge in [0.1, 0.15) is 0 Å². The third kappa shape index (κ3) is 7.01. The van der Waals surface area contributed by atoms with E-state index in [1.165, 1.54) is 56.1 Å². The summed E-state index contributed by atoms with van der Waals surface area (Å²) in [6, 6.07) is 15.3. The first-order valence-corrected chi connectivity index (χ1v) is 20.5. The molecular weight excluding hydrogens is 643 g/mol. The Morgan fingerprint density at radius 1 is 0.674 bits per heavy atom. The average Bonchev–Trinajstić information content (AvgIpc) is 3.44. The molecule has 2 aromatic rings. The number of halogens is 2. The fourth-order valence-corrected chi connectivity index (χ4v) is 18.7. The second-order valence-electron chi connectivity index (χ2n) is 16.2. The Bertz CT molecular complexity index is 1360. The van der Waals surface area contributed by atoms with Crippen LogP contribution >= 0.6 is 0 Å². The first kappa shape index (κ1) is 36.7. The number of allylic oxidation sites excluding steroid dienone is 4. The summed E-state index contributed by atoms with van der Waals surface area (Å²) in [7, 11) is 0. The van der Waals surface area contributed by atoms with E-state index in [4.69, 9.17) is 0 Å². The van der Waals surface area contributed by atoms with Crippen molar-refractivity contribution in [1.82, 2.24) is 0 Å². The molecule has 3 aliphatic rings. The van der Waals surface area contributed by atoms with Gasteiger partial charge in [-0.05, 0) is 0 Å². The summed E-state index contributed by atoms with van der Waals surface area (Å²) < 4.78 is 4.62. The second-order valence-corrected chi connectivity index (χ2v) is 22.7. The first-order valence-electron chi connectivity index (χ1n) is 16.6. The van der Waals surface area contributed by atoms with Crippen LogP contribution in [0, 0.1) is 11.3 Å². The number of benzene rings is 2. The third-order valence-electron chi connectivity index (χ3n) is 10.2. The Hall–Kier alpha value is -0.747. The number of rotatable bonds is 4. The summed E-state index contributed by atoms with van der Waals surface area (Å²) in [5.74, 6) is 0.637. The van der Waals surface area contributed by atoms with E-state index < -0.39 is 21.3 Å². The van der Waals surface area contributed by atoms with Crippen LogP contribution < -0.4 is 24.8 Å². The molecule has 1 saturated carbocycles. The smallest absolute Gasteiger partial charge is 1.00 e. The first-order chi connectivity index (χ1) is 19.2. The van der Waals surface area contributed by atoms with E-state index in [2.05, 4.69) is 119 Å². The van der Waals surface area contributed by atoms with Gasteiger partial charge in [0, 0.05) is 0 Å². The molecule has 0 aromatic heterocycles. The van der Waals surface area contributed by atoms with Crippen molar-refractivity contribution in [2.75, 3.05) is 0 Å². The van der Waals surface area contributed by atoms with Gasteiger partial charge >= 0.3 is 262 Å². The molecule has 43 heavy (non-hydrogen) atoms. The maximum atomic E-state index is 2.74. The molecular formula is C40H56Cl2Zr. The zero-order chi connectivity index (χ0) is 29.9. The quantitative estimate of drug-likeness (QED) is 0.380. The van der Waals surface area contributed by atoms with Crippen molar-refractivity contribution in [3.63, 3.8) is 0 Å². The van der Waals surface area contributed by atoms with Gasteiger partial charge < -0.3 is 24.8 Å². The molecule has 1 fully saturated rings. The second kappa shape index (κ2) is 13.5. The molecule has 0 N–H and O–H groups in total. The summed E-state index contributed by atoms with van der Waals surface area (Å²) in [5.41, 5.74) is 13.3. The molecule has 0 heterocycles. The van der Waals surface area contributed by atoms with Crippen molar-refractivity contribution in [2.24, 2.45) is 11.3 Å². The molecule has 0 bridgehead atoms. The van der Waals surface area contributed by atoms with Crippen LogP contribution in [-0.4, -0.2) is 3.21 Å². The van der Waals surface area contributed by atoms with Crippen LogP contribution in [0.1, 0.15) is 147 Å². The van der Waals surface area contributed by atoms with Crippen molar-refractivity contribution >= 4 is 3.21 Å². The summed E-state index contributed by atoms with van der Waals surface area (Å²) in [6.45, 7) is 26.5. The van der Waals surface area contributed by atoms with E-state index in [9.17, 15) is 0 Å². The number of hydrogen-bond donors (Lipinski definition) is 0. The normalized spacial score (nSPS) is 18.8. The molecule has 0 aliphatic heterocycles. The van der Waals surface area contributed by atoms with Crippen molar-refractivity contribution in [3.8, 4) is 11.1 Å². The predicted molar refractivity (Wildman–Crippen MR) is 178 cm³/mol. The van der Waals surface area contributed by atoms with Gasteiger partial charge in [0.25, 0.3) is 0 Å². The van der Waals surface area contributed by atoms with Crippen molar-refractivity contribution < 1.29 is 46.1 Å². The minimum Gasteiger partial charge on any atom is -1.00 e. The Kier molecular flexibility index (Phi) is 11.6. The molecule has 234 valence electrons. The maximum Gasteiger partial charge on any atom is -1.00 e. The SMILES string of the molecule is CCC1=[C]([Zr+2](=[C]2CCCCC2)[CH]2c3ccc(C(C)(C)C)cc3-c3cc(C(C)(C)C)ccc32)C(CC)C=C1C(C)(C)C.[Cl-].[Cl-]. The van der Waals surface area contributed by atoms with Crippen molar-refractivity contribution in [3.05, 3.63) is 79.2 Å².